The molecule has 0 aromatic carbocycles. The van der Waals surface area contributed by atoms with Crippen LogP contribution in [0, 0.1) is 0 Å². The Kier molecular flexibility index (Phi) is 5.97. The van der Waals surface area contributed by atoms with E-state index in [4.69, 9.17) is 0 Å². The van der Waals surface area contributed by atoms with Crippen LogP contribution in [0.25, 0.3) is 0 Å². The van der Waals surface area contributed by atoms with Crippen molar-refractivity contribution in [2.45, 2.75) is 89.3 Å². The molecule has 0 radical (unpaired) electrons. The molecule has 0 spiro atoms. The van der Waals surface area contributed by atoms with E-state index in [0.717, 1.165) is 18.1 Å². The molecule has 1 N–H and O–H groups in total. The highest BCUT2D eigenvalue weighted by molar-refractivity contribution is 4.90. The average molecular weight is 252 g/mol. The number of rotatable bonds is 5. The SMILES string of the molecule is CCCNC1CCCCC1N(C)C1CCCCC1. The minimum absolute atomic E-state index is 0.755. The average Bonchev–Trinajstić information content (AvgIpc) is 2.45. The van der Waals surface area contributed by atoms with Crippen molar-refractivity contribution >= 4 is 0 Å². The molecule has 0 aromatic rings. The van der Waals surface area contributed by atoms with Crippen LogP contribution in [0.5, 0.6) is 0 Å². The lowest BCUT2D eigenvalue weighted by molar-refractivity contribution is 0.0858. The van der Waals surface area contributed by atoms with E-state index in [-0.39, 0.29) is 0 Å². The van der Waals surface area contributed by atoms with Crippen molar-refractivity contribution in [1.82, 2.24) is 10.2 Å². The Morgan fingerprint density at radius 2 is 1.61 bits per heavy atom. The molecular weight excluding hydrogens is 220 g/mol. The van der Waals surface area contributed by atoms with Gasteiger partial charge in [0, 0.05) is 18.1 Å². The second-order valence-electron chi connectivity index (χ2n) is 6.37. The molecule has 2 nitrogen and oxygen atoms in total. The monoisotopic (exact) mass is 252 g/mol. The van der Waals surface area contributed by atoms with E-state index in [0.29, 0.717) is 0 Å². The Bertz CT molecular complexity index is 223. The summed E-state index contributed by atoms with van der Waals surface area (Å²) >= 11 is 0. The maximum atomic E-state index is 3.80. The van der Waals surface area contributed by atoms with E-state index in [1.54, 1.807) is 0 Å². The first kappa shape index (κ1) is 14.3. The summed E-state index contributed by atoms with van der Waals surface area (Å²) in [7, 11) is 2.40. The molecule has 2 atom stereocenters. The van der Waals surface area contributed by atoms with E-state index in [1.807, 2.05) is 0 Å². The summed E-state index contributed by atoms with van der Waals surface area (Å²) in [4.78, 5) is 2.74. The predicted octanol–water partition coefficient (Wildman–Crippen LogP) is 3.56. The van der Waals surface area contributed by atoms with Gasteiger partial charge >= 0.3 is 0 Å². The molecule has 0 aliphatic heterocycles. The van der Waals surface area contributed by atoms with Gasteiger partial charge in [0.25, 0.3) is 0 Å². The maximum absolute atomic E-state index is 3.80. The van der Waals surface area contributed by atoms with Crippen molar-refractivity contribution in [1.29, 1.82) is 0 Å². The molecule has 2 saturated carbocycles. The van der Waals surface area contributed by atoms with Crippen LogP contribution in [0.1, 0.15) is 71.1 Å². The minimum atomic E-state index is 0.755. The lowest BCUT2D eigenvalue weighted by atomic mass is 9.86. The smallest absolute Gasteiger partial charge is 0.0249 e. The highest BCUT2D eigenvalue weighted by Gasteiger charge is 2.31. The highest BCUT2D eigenvalue weighted by Crippen LogP contribution is 2.29. The maximum Gasteiger partial charge on any atom is 0.0249 e. The number of hydrogen-bond acceptors (Lipinski definition) is 2. The Morgan fingerprint density at radius 1 is 0.944 bits per heavy atom. The fourth-order valence-electron chi connectivity index (χ4n) is 3.93. The van der Waals surface area contributed by atoms with Gasteiger partial charge in [-0.3, -0.25) is 4.90 Å². The normalized spacial score (nSPS) is 30.8. The molecule has 0 bridgehead atoms. The number of nitrogens with zero attached hydrogens (tertiary/aromatic N) is 1. The summed E-state index contributed by atoms with van der Waals surface area (Å²) in [6.07, 6.45) is 14.2. The van der Waals surface area contributed by atoms with Crippen molar-refractivity contribution in [3.63, 3.8) is 0 Å². The molecule has 2 heteroatoms. The van der Waals surface area contributed by atoms with Crippen LogP contribution >= 0.6 is 0 Å². The molecule has 0 saturated heterocycles. The standard InChI is InChI=1S/C16H32N2/c1-3-13-17-15-11-7-8-12-16(15)18(2)14-9-5-4-6-10-14/h14-17H,3-13H2,1-2H3. The third kappa shape index (κ3) is 3.71. The Hall–Kier alpha value is -0.0800. The lowest BCUT2D eigenvalue weighted by Gasteiger charge is -2.43. The summed E-state index contributed by atoms with van der Waals surface area (Å²) in [5.41, 5.74) is 0. The van der Waals surface area contributed by atoms with Gasteiger partial charge in [-0.1, -0.05) is 39.0 Å². The zero-order valence-electron chi connectivity index (χ0n) is 12.5. The van der Waals surface area contributed by atoms with Gasteiger partial charge in [-0.2, -0.15) is 0 Å². The van der Waals surface area contributed by atoms with Gasteiger partial charge in [0.15, 0.2) is 0 Å². The number of nitrogens with one attached hydrogen (secondary N) is 1. The summed E-state index contributed by atoms with van der Waals surface area (Å²) in [6, 6.07) is 2.42. The summed E-state index contributed by atoms with van der Waals surface area (Å²) < 4.78 is 0. The highest BCUT2D eigenvalue weighted by atomic mass is 15.2. The fraction of sp³-hybridized carbons (Fsp3) is 1.00. The largest absolute Gasteiger partial charge is 0.312 e. The van der Waals surface area contributed by atoms with Crippen LogP contribution in [0.3, 0.4) is 0 Å². The predicted molar refractivity (Wildman–Crippen MR) is 79.0 cm³/mol. The Morgan fingerprint density at radius 3 is 2.33 bits per heavy atom. The summed E-state index contributed by atoms with van der Waals surface area (Å²) in [6.45, 7) is 3.47. The third-order valence-corrected chi connectivity index (χ3v) is 5.06. The van der Waals surface area contributed by atoms with E-state index >= 15 is 0 Å². The molecule has 2 fully saturated rings. The van der Waals surface area contributed by atoms with Crippen LogP contribution in [0.4, 0.5) is 0 Å². The molecular formula is C16H32N2. The van der Waals surface area contributed by atoms with Gasteiger partial charge < -0.3 is 5.32 Å². The van der Waals surface area contributed by atoms with Crippen LogP contribution in [0.15, 0.2) is 0 Å². The molecule has 2 aliphatic carbocycles. The second kappa shape index (κ2) is 7.49. The molecule has 0 amide bonds. The van der Waals surface area contributed by atoms with Crippen molar-refractivity contribution < 1.29 is 0 Å². The van der Waals surface area contributed by atoms with Gasteiger partial charge in [-0.05, 0) is 45.7 Å². The van der Waals surface area contributed by atoms with Crippen molar-refractivity contribution in [3.05, 3.63) is 0 Å². The lowest BCUT2D eigenvalue weighted by Crippen LogP contribution is -2.53. The number of hydrogen-bond donors (Lipinski definition) is 1. The third-order valence-electron chi connectivity index (χ3n) is 5.06. The topological polar surface area (TPSA) is 15.3 Å². The van der Waals surface area contributed by atoms with E-state index in [1.165, 1.54) is 70.8 Å². The van der Waals surface area contributed by atoms with Gasteiger partial charge in [-0.15, -0.1) is 0 Å². The molecule has 18 heavy (non-hydrogen) atoms. The van der Waals surface area contributed by atoms with E-state index < -0.39 is 0 Å². The van der Waals surface area contributed by atoms with E-state index in [9.17, 15) is 0 Å². The molecule has 0 heterocycles. The first-order valence-electron chi connectivity index (χ1n) is 8.28. The Labute approximate surface area is 114 Å². The van der Waals surface area contributed by atoms with Crippen molar-refractivity contribution in [2.24, 2.45) is 0 Å². The Balaban J connectivity index is 1.89. The number of likely N-dealkylation sites (N-methyl/N-ethyl adjacent to an activating group) is 1. The van der Waals surface area contributed by atoms with Crippen molar-refractivity contribution in [3.8, 4) is 0 Å². The molecule has 0 aromatic heterocycles. The minimum Gasteiger partial charge on any atom is -0.312 e. The summed E-state index contributed by atoms with van der Waals surface area (Å²) in [5.74, 6) is 0. The van der Waals surface area contributed by atoms with Gasteiger partial charge in [0.05, 0.1) is 0 Å². The zero-order valence-corrected chi connectivity index (χ0v) is 12.5. The molecule has 2 rings (SSSR count). The first-order chi connectivity index (χ1) is 8.83. The van der Waals surface area contributed by atoms with Crippen LogP contribution in [-0.4, -0.2) is 36.6 Å². The van der Waals surface area contributed by atoms with E-state index in [2.05, 4.69) is 24.2 Å². The first-order valence-corrected chi connectivity index (χ1v) is 8.28. The van der Waals surface area contributed by atoms with Crippen LogP contribution < -0.4 is 5.32 Å². The van der Waals surface area contributed by atoms with Crippen LogP contribution in [-0.2, 0) is 0 Å². The molecule has 2 aliphatic rings. The van der Waals surface area contributed by atoms with Gasteiger partial charge in [0.2, 0.25) is 0 Å². The second-order valence-corrected chi connectivity index (χ2v) is 6.37. The molecule has 2 unspecified atom stereocenters. The zero-order chi connectivity index (χ0) is 12.8. The van der Waals surface area contributed by atoms with Crippen LogP contribution in [0.2, 0.25) is 0 Å². The van der Waals surface area contributed by atoms with Gasteiger partial charge in [-0.25, -0.2) is 0 Å². The van der Waals surface area contributed by atoms with Crippen molar-refractivity contribution in [2.75, 3.05) is 13.6 Å². The quantitative estimate of drug-likeness (QED) is 0.805. The fourth-order valence-corrected chi connectivity index (χ4v) is 3.93. The molecule has 106 valence electrons. The summed E-state index contributed by atoms with van der Waals surface area (Å²) in [5, 5.41) is 3.80. The van der Waals surface area contributed by atoms with Gasteiger partial charge in [0.1, 0.15) is 0 Å².